The van der Waals surface area contributed by atoms with Gasteiger partial charge in [-0.15, -0.1) is 0 Å². The van der Waals surface area contributed by atoms with Gasteiger partial charge in [-0.2, -0.15) is 0 Å². The summed E-state index contributed by atoms with van der Waals surface area (Å²) in [5, 5.41) is 2.84. The molecule has 0 unspecified atom stereocenters. The Kier molecular flexibility index (Phi) is 7.56. The number of carbonyl (C=O) groups excluding carboxylic acids is 3. The quantitative estimate of drug-likeness (QED) is 0.558. The van der Waals surface area contributed by atoms with E-state index in [9.17, 15) is 19.2 Å². The summed E-state index contributed by atoms with van der Waals surface area (Å²) in [5.41, 5.74) is -3.41. The van der Waals surface area contributed by atoms with Crippen LogP contribution >= 0.6 is 0 Å². The molecule has 1 aromatic rings. The zero-order valence-corrected chi connectivity index (χ0v) is 16.4. The van der Waals surface area contributed by atoms with Gasteiger partial charge in [0, 0.05) is 5.54 Å². The molecule has 0 saturated carbocycles. The Morgan fingerprint density at radius 1 is 0.815 bits per heavy atom. The summed E-state index contributed by atoms with van der Waals surface area (Å²) in [6.07, 6.45) is 0. The number of anilines is 1. The topological polar surface area (TPSA) is 121 Å². The number of hydrogen-bond acceptors (Lipinski definition) is 9. The average molecular weight is 383 g/mol. The fourth-order valence-corrected chi connectivity index (χ4v) is 2.16. The molecule has 0 saturated heterocycles. The molecule has 0 fully saturated rings. The van der Waals surface area contributed by atoms with Crippen molar-refractivity contribution in [3.8, 4) is 0 Å². The molecular weight excluding hydrogens is 358 g/mol. The van der Waals surface area contributed by atoms with Gasteiger partial charge in [-0.25, -0.2) is 19.2 Å². The smallest absolute Gasteiger partial charge is 0.353 e. The minimum absolute atomic E-state index is 0.00389. The SMILES string of the molecule is CCOC(=O)c1c(NC(C)(C)C)oc(=O)c(C(=O)OCC)c1C(=O)OCC. The predicted octanol–water partition coefficient (Wildman–Crippen LogP) is 2.38. The van der Waals surface area contributed by atoms with Gasteiger partial charge in [0.15, 0.2) is 5.56 Å². The van der Waals surface area contributed by atoms with Gasteiger partial charge in [-0.3, -0.25) is 0 Å². The molecule has 1 rings (SSSR count). The van der Waals surface area contributed by atoms with Crippen LogP contribution < -0.4 is 10.9 Å². The maximum Gasteiger partial charge on any atom is 0.353 e. The summed E-state index contributed by atoms with van der Waals surface area (Å²) >= 11 is 0. The third kappa shape index (κ3) is 5.57. The van der Waals surface area contributed by atoms with Crippen molar-refractivity contribution in [2.45, 2.75) is 47.1 Å². The van der Waals surface area contributed by atoms with Crippen LogP contribution in [0.1, 0.15) is 72.6 Å². The number of carbonyl (C=O) groups is 3. The van der Waals surface area contributed by atoms with Gasteiger partial charge in [-0.05, 0) is 41.5 Å². The highest BCUT2D eigenvalue weighted by Gasteiger charge is 2.35. The van der Waals surface area contributed by atoms with E-state index in [2.05, 4.69) is 5.32 Å². The van der Waals surface area contributed by atoms with E-state index in [0.717, 1.165) is 0 Å². The van der Waals surface area contributed by atoms with Gasteiger partial charge in [0.25, 0.3) is 0 Å². The average Bonchev–Trinajstić information content (AvgIpc) is 2.53. The highest BCUT2D eigenvalue weighted by atomic mass is 16.5. The van der Waals surface area contributed by atoms with E-state index < -0.39 is 45.8 Å². The van der Waals surface area contributed by atoms with Crippen LogP contribution in [-0.2, 0) is 14.2 Å². The third-order valence-corrected chi connectivity index (χ3v) is 3.05. The van der Waals surface area contributed by atoms with Crippen LogP contribution in [-0.4, -0.2) is 43.3 Å². The molecular formula is C18H25NO8. The van der Waals surface area contributed by atoms with Gasteiger partial charge in [0.1, 0.15) is 11.1 Å². The number of rotatable bonds is 7. The molecule has 0 aromatic carbocycles. The Hall–Kier alpha value is -2.84. The summed E-state index contributed by atoms with van der Waals surface area (Å²) in [6.45, 7) is 9.84. The Balaban J connectivity index is 3.89. The van der Waals surface area contributed by atoms with Crippen molar-refractivity contribution in [3.63, 3.8) is 0 Å². The fourth-order valence-electron chi connectivity index (χ4n) is 2.16. The standard InChI is InChI=1S/C18H25NO8/c1-7-24-14(20)10-11(15(21)25-8-2)13(19-18(4,5)6)27-17(23)12(10)16(22)26-9-3/h19H,7-9H2,1-6H3. The highest BCUT2D eigenvalue weighted by Crippen LogP contribution is 2.26. The second-order valence-corrected chi connectivity index (χ2v) is 6.38. The fraction of sp³-hybridized carbons (Fsp3) is 0.556. The molecule has 1 heterocycles. The van der Waals surface area contributed by atoms with Crippen molar-refractivity contribution in [1.29, 1.82) is 0 Å². The van der Waals surface area contributed by atoms with E-state index in [-0.39, 0.29) is 25.7 Å². The lowest BCUT2D eigenvalue weighted by Gasteiger charge is -2.23. The molecule has 9 nitrogen and oxygen atoms in total. The minimum Gasteiger partial charge on any atom is -0.462 e. The van der Waals surface area contributed by atoms with E-state index in [1.54, 1.807) is 34.6 Å². The second kappa shape index (κ2) is 9.20. The lowest BCUT2D eigenvalue weighted by Crippen LogP contribution is -2.32. The zero-order chi connectivity index (χ0) is 20.8. The lowest BCUT2D eigenvalue weighted by molar-refractivity contribution is 0.0452. The first-order chi connectivity index (χ1) is 12.6. The molecule has 1 N–H and O–H groups in total. The highest BCUT2D eigenvalue weighted by molar-refractivity contribution is 6.12. The van der Waals surface area contributed by atoms with Crippen LogP contribution in [0.3, 0.4) is 0 Å². The van der Waals surface area contributed by atoms with Gasteiger partial charge < -0.3 is 23.9 Å². The summed E-state index contributed by atoms with van der Waals surface area (Å²) in [6, 6.07) is 0. The molecule has 0 spiro atoms. The first-order valence-corrected chi connectivity index (χ1v) is 8.57. The van der Waals surface area contributed by atoms with Crippen molar-refractivity contribution >= 4 is 23.8 Å². The Labute approximate surface area is 157 Å². The summed E-state index contributed by atoms with van der Waals surface area (Å²) in [7, 11) is 0. The molecule has 9 heteroatoms. The Morgan fingerprint density at radius 2 is 1.22 bits per heavy atom. The van der Waals surface area contributed by atoms with E-state index >= 15 is 0 Å². The van der Waals surface area contributed by atoms with E-state index in [1.165, 1.54) is 6.92 Å². The molecule has 0 atom stereocenters. The Morgan fingerprint density at radius 3 is 1.63 bits per heavy atom. The maximum atomic E-state index is 12.5. The summed E-state index contributed by atoms with van der Waals surface area (Å²) < 4.78 is 19.9. The van der Waals surface area contributed by atoms with Crippen molar-refractivity contribution in [2.24, 2.45) is 0 Å². The number of esters is 3. The van der Waals surface area contributed by atoms with E-state index in [1.807, 2.05) is 0 Å². The molecule has 0 radical (unpaired) electrons. The van der Waals surface area contributed by atoms with Crippen molar-refractivity contribution in [1.82, 2.24) is 0 Å². The minimum atomic E-state index is -1.13. The summed E-state index contributed by atoms with van der Waals surface area (Å²) in [5.74, 6) is -3.36. The number of nitrogens with one attached hydrogen (secondary N) is 1. The van der Waals surface area contributed by atoms with Gasteiger partial charge >= 0.3 is 23.5 Å². The summed E-state index contributed by atoms with van der Waals surface area (Å²) in [4.78, 5) is 49.8. The van der Waals surface area contributed by atoms with Crippen LogP contribution in [0.4, 0.5) is 5.88 Å². The monoisotopic (exact) mass is 383 g/mol. The number of ether oxygens (including phenoxy) is 3. The first kappa shape index (κ1) is 22.2. The van der Waals surface area contributed by atoms with Crippen molar-refractivity contribution in [2.75, 3.05) is 25.1 Å². The molecule has 0 amide bonds. The van der Waals surface area contributed by atoms with Crippen molar-refractivity contribution in [3.05, 3.63) is 27.1 Å². The van der Waals surface area contributed by atoms with Crippen molar-refractivity contribution < 1.29 is 33.0 Å². The normalized spacial score (nSPS) is 10.9. The molecule has 27 heavy (non-hydrogen) atoms. The molecule has 150 valence electrons. The van der Waals surface area contributed by atoms with Gasteiger partial charge in [0.05, 0.1) is 19.8 Å². The van der Waals surface area contributed by atoms with E-state index in [0.29, 0.717) is 0 Å². The van der Waals surface area contributed by atoms with Crippen LogP contribution in [0.25, 0.3) is 0 Å². The number of hydrogen-bond donors (Lipinski definition) is 1. The third-order valence-electron chi connectivity index (χ3n) is 3.05. The van der Waals surface area contributed by atoms with E-state index in [4.69, 9.17) is 18.6 Å². The molecule has 0 aliphatic carbocycles. The van der Waals surface area contributed by atoms with Crippen LogP contribution in [0.15, 0.2) is 9.21 Å². The van der Waals surface area contributed by atoms with Gasteiger partial charge in [0.2, 0.25) is 5.88 Å². The lowest BCUT2D eigenvalue weighted by atomic mass is 10.0. The zero-order valence-electron chi connectivity index (χ0n) is 16.4. The first-order valence-electron chi connectivity index (χ1n) is 8.57. The molecule has 1 aromatic heterocycles. The molecule has 0 aliphatic heterocycles. The molecule has 0 aliphatic rings. The second-order valence-electron chi connectivity index (χ2n) is 6.38. The maximum absolute atomic E-state index is 12.5. The van der Waals surface area contributed by atoms with Crippen LogP contribution in [0.5, 0.6) is 0 Å². The molecule has 0 bridgehead atoms. The van der Waals surface area contributed by atoms with Crippen LogP contribution in [0.2, 0.25) is 0 Å². The van der Waals surface area contributed by atoms with Gasteiger partial charge in [-0.1, -0.05) is 0 Å². The Bertz CT molecular complexity index is 773. The predicted molar refractivity (Wildman–Crippen MR) is 96.2 cm³/mol. The van der Waals surface area contributed by atoms with Crippen LogP contribution in [0, 0.1) is 0 Å². The largest absolute Gasteiger partial charge is 0.462 e.